The van der Waals surface area contributed by atoms with Crippen molar-refractivity contribution in [3.63, 3.8) is 0 Å². The highest BCUT2D eigenvalue weighted by Gasteiger charge is 2.45. The fourth-order valence-electron chi connectivity index (χ4n) is 11.9. The fraction of sp³-hybridized carbons (Fsp3) is 0.155. The summed E-state index contributed by atoms with van der Waals surface area (Å²) in [5.74, 6) is 0. The smallest absolute Gasteiger partial charge is 0.252 e. The molecule has 0 saturated carbocycles. The molecule has 0 unspecified atom stereocenters. The zero-order chi connectivity index (χ0) is 51.0. The lowest BCUT2D eigenvalue weighted by atomic mass is 9.33. The summed E-state index contributed by atoms with van der Waals surface area (Å²) in [6.07, 6.45) is 0. The maximum Gasteiger partial charge on any atom is 0.252 e. The molecule has 2 aliphatic heterocycles. The van der Waals surface area contributed by atoms with Crippen molar-refractivity contribution >= 4 is 57.2 Å². The monoisotopic (exact) mass is 955 g/mol. The number of aryl methyl sites for hydroxylation is 3. The number of hydrogen-bond donors (Lipinski definition) is 0. The van der Waals surface area contributed by atoms with Gasteiger partial charge in [-0.25, -0.2) is 0 Å². The lowest BCUT2D eigenvalue weighted by molar-refractivity contribution is 0.590. The molecule has 0 N–H and O–H groups in total. The van der Waals surface area contributed by atoms with E-state index in [0.717, 1.165) is 11.4 Å². The quantitative estimate of drug-likeness (QED) is 0.147. The number of nitrogens with zero attached hydrogens (tertiary/aromatic N) is 2. The molecule has 10 aromatic carbocycles. The molecule has 12 rings (SSSR count). The Morgan fingerprint density at radius 2 is 0.649 bits per heavy atom. The Kier molecular flexibility index (Phi) is 11.5. The highest BCUT2D eigenvalue weighted by atomic mass is 15.2. The fourth-order valence-corrected chi connectivity index (χ4v) is 11.9. The standard InChI is InChI=1S/C71H63BN2/c1-46-34-47(2)68(48(3)35-46)57-42-66-69-67(43-57)74(61-40-55(51-26-18-12-19-27-51)37-56(41-61)52-28-20-13-21-29-52)65-33-31-59(71(7,8)9)45-63(65)72(69)62-44-58(70(4,5)6)30-32-64(62)73(66)60-38-53(49-22-14-10-15-23-49)36-54(39-60)50-24-16-11-17-25-50/h10-45H,1-9H3. The number of hydrogen-bond acceptors (Lipinski definition) is 2. The lowest BCUT2D eigenvalue weighted by Crippen LogP contribution is -2.61. The van der Waals surface area contributed by atoms with Crippen molar-refractivity contribution in [1.29, 1.82) is 0 Å². The molecule has 0 aliphatic carbocycles. The summed E-state index contributed by atoms with van der Waals surface area (Å²) in [7, 11) is 0. The van der Waals surface area contributed by atoms with Crippen LogP contribution >= 0.6 is 0 Å². The molecule has 2 heterocycles. The van der Waals surface area contributed by atoms with Crippen LogP contribution in [0.1, 0.15) is 69.4 Å². The number of fused-ring (bicyclic) bond motifs is 4. The van der Waals surface area contributed by atoms with Gasteiger partial charge in [0.15, 0.2) is 0 Å². The van der Waals surface area contributed by atoms with Gasteiger partial charge in [-0.15, -0.1) is 0 Å². The second-order valence-electron chi connectivity index (χ2n) is 22.9. The van der Waals surface area contributed by atoms with E-state index in [1.54, 1.807) is 0 Å². The molecule has 0 saturated heterocycles. The van der Waals surface area contributed by atoms with E-state index in [4.69, 9.17) is 0 Å². The lowest BCUT2D eigenvalue weighted by Gasteiger charge is -2.45. The Labute approximate surface area is 439 Å². The first-order valence-corrected chi connectivity index (χ1v) is 26.3. The first kappa shape index (κ1) is 46.9. The molecule has 10 aromatic rings. The van der Waals surface area contributed by atoms with Gasteiger partial charge in [0.1, 0.15) is 0 Å². The molecule has 0 amide bonds. The minimum absolute atomic E-state index is 0.0619. The topological polar surface area (TPSA) is 6.48 Å². The maximum atomic E-state index is 2.62. The molecule has 0 atom stereocenters. The normalized spacial score (nSPS) is 12.9. The van der Waals surface area contributed by atoms with Crippen LogP contribution in [0.4, 0.5) is 34.1 Å². The first-order chi connectivity index (χ1) is 35.7. The van der Waals surface area contributed by atoms with E-state index in [-0.39, 0.29) is 17.5 Å². The average molecular weight is 955 g/mol. The third-order valence-corrected chi connectivity index (χ3v) is 15.5. The highest BCUT2D eigenvalue weighted by molar-refractivity contribution is 7.00. The summed E-state index contributed by atoms with van der Waals surface area (Å²) in [5, 5.41) is 0. The van der Waals surface area contributed by atoms with E-state index in [1.165, 1.54) is 123 Å². The first-order valence-electron chi connectivity index (χ1n) is 26.3. The molecule has 360 valence electrons. The van der Waals surface area contributed by atoms with E-state index in [2.05, 4.69) is 291 Å². The molecule has 0 aromatic heterocycles. The van der Waals surface area contributed by atoms with Gasteiger partial charge in [0.25, 0.3) is 6.71 Å². The summed E-state index contributed by atoms with van der Waals surface area (Å²) in [6, 6.07) is 82.5. The van der Waals surface area contributed by atoms with Gasteiger partial charge in [-0.3, -0.25) is 0 Å². The summed E-state index contributed by atoms with van der Waals surface area (Å²) in [5.41, 5.74) is 29.3. The van der Waals surface area contributed by atoms with Gasteiger partial charge >= 0.3 is 0 Å². The molecule has 2 nitrogen and oxygen atoms in total. The Morgan fingerprint density at radius 1 is 0.311 bits per heavy atom. The molecule has 0 bridgehead atoms. The van der Waals surface area contributed by atoms with E-state index >= 15 is 0 Å². The SMILES string of the molecule is Cc1cc(C)c(-c2cc3c4c(c2)N(c2cc(-c5ccccc5)cc(-c5ccccc5)c2)c2ccc(C(C)(C)C)cc2B4c2cc(C(C)(C)C)ccc2N3c2cc(-c3ccccc3)cc(-c3ccccc3)c2)c(C)c1. The van der Waals surface area contributed by atoms with Crippen molar-refractivity contribution in [2.45, 2.75) is 73.1 Å². The molecule has 0 radical (unpaired) electrons. The van der Waals surface area contributed by atoms with Crippen LogP contribution in [0.5, 0.6) is 0 Å². The molecule has 0 spiro atoms. The van der Waals surface area contributed by atoms with Gasteiger partial charge in [0.05, 0.1) is 0 Å². The zero-order valence-electron chi connectivity index (χ0n) is 44.3. The third-order valence-electron chi connectivity index (χ3n) is 15.5. The van der Waals surface area contributed by atoms with Crippen LogP contribution in [0.25, 0.3) is 55.6 Å². The van der Waals surface area contributed by atoms with Crippen LogP contribution in [0.15, 0.2) is 218 Å². The zero-order valence-corrected chi connectivity index (χ0v) is 44.3. The second-order valence-corrected chi connectivity index (χ2v) is 22.9. The van der Waals surface area contributed by atoms with Gasteiger partial charge < -0.3 is 9.80 Å². The van der Waals surface area contributed by atoms with E-state index in [1.807, 2.05) is 0 Å². The summed E-state index contributed by atoms with van der Waals surface area (Å²) < 4.78 is 0. The van der Waals surface area contributed by atoms with Gasteiger partial charge in [-0.1, -0.05) is 205 Å². The van der Waals surface area contributed by atoms with E-state index in [0.29, 0.717) is 0 Å². The van der Waals surface area contributed by atoms with Crippen LogP contribution in [0.3, 0.4) is 0 Å². The molecule has 2 aliphatic rings. The molecule has 74 heavy (non-hydrogen) atoms. The summed E-state index contributed by atoms with van der Waals surface area (Å²) in [4.78, 5) is 5.23. The van der Waals surface area contributed by atoms with Crippen molar-refractivity contribution in [3.05, 3.63) is 246 Å². The number of anilines is 6. The van der Waals surface area contributed by atoms with Crippen LogP contribution < -0.4 is 26.2 Å². The predicted molar refractivity (Wildman–Crippen MR) is 319 cm³/mol. The van der Waals surface area contributed by atoms with Crippen LogP contribution in [0.2, 0.25) is 0 Å². The third kappa shape index (κ3) is 8.35. The molecular weight excluding hydrogens is 892 g/mol. The van der Waals surface area contributed by atoms with Crippen LogP contribution in [0, 0.1) is 20.8 Å². The van der Waals surface area contributed by atoms with Gasteiger partial charge in [-0.05, 0) is 187 Å². The average Bonchev–Trinajstić information content (AvgIpc) is 3.44. The van der Waals surface area contributed by atoms with Crippen molar-refractivity contribution in [3.8, 4) is 55.6 Å². The molecule has 3 heteroatoms. The minimum atomic E-state index is -0.0798. The Balaban J connectivity index is 1.24. The van der Waals surface area contributed by atoms with Crippen molar-refractivity contribution < 1.29 is 0 Å². The summed E-state index contributed by atoms with van der Waals surface area (Å²) >= 11 is 0. The number of benzene rings is 10. The van der Waals surface area contributed by atoms with Gasteiger partial charge in [-0.2, -0.15) is 0 Å². The van der Waals surface area contributed by atoms with Crippen molar-refractivity contribution in [2.24, 2.45) is 0 Å². The Morgan fingerprint density at radius 3 is 0.973 bits per heavy atom. The van der Waals surface area contributed by atoms with Crippen molar-refractivity contribution in [2.75, 3.05) is 9.80 Å². The van der Waals surface area contributed by atoms with Crippen molar-refractivity contribution in [1.82, 2.24) is 0 Å². The van der Waals surface area contributed by atoms with Crippen LogP contribution in [-0.4, -0.2) is 6.71 Å². The largest absolute Gasteiger partial charge is 0.311 e. The van der Waals surface area contributed by atoms with Gasteiger partial charge in [0, 0.05) is 34.1 Å². The minimum Gasteiger partial charge on any atom is -0.311 e. The van der Waals surface area contributed by atoms with E-state index < -0.39 is 0 Å². The van der Waals surface area contributed by atoms with E-state index in [9.17, 15) is 0 Å². The Bertz CT molecular complexity index is 3410. The molecular formula is C71H63BN2. The number of rotatable bonds is 7. The summed E-state index contributed by atoms with van der Waals surface area (Å²) in [6.45, 7) is 20.8. The van der Waals surface area contributed by atoms with Gasteiger partial charge in [0.2, 0.25) is 0 Å². The predicted octanol–water partition coefficient (Wildman–Crippen LogP) is 17.6. The maximum absolute atomic E-state index is 2.62. The Hall–Kier alpha value is -8.14. The molecule has 0 fully saturated rings. The van der Waals surface area contributed by atoms with Crippen LogP contribution in [-0.2, 0) is 10.8 Å². The second kappa shape index (κ2) is 18.1. The highest BCUT2D eigenvalue weighted by Crippen LogP contribution is 2.50.